The molecule has 0 radical (unpaired) electrons. The molecule has 19 heavy (non-hydrogen) atoms. The molecule has 0 amide bonds. The summed E-state index contributed by atoms with van der Waals surface area (Å²) in [5.74, 6) is 0. The van der Waals surface area contributed by atoms with Crippen LogP contribution in [0.4, 0.5) is 5.69 Å². The van der Waals surface area contributed by atoms with Gasteiger partial charge >= 0.3 is 0 Å². The molecule has 6 nitrogen and oxygen atoms in total. The predicted molar refractivity (Wildman–Crippen MR) is 69.9 cm³/mol. The van der Waals surface area contributed by atoms with Crippen molar-refractivity contribution in [3.8, 4) is 0 Å². The minimum Gasteiger partial charge on any atom is -0.389 e. The average molecular weight is 277 g/mol. The number of aliphatic hydroxyl groups excluding tert-OH is 1. The molecule has 1 heterocycles. The second-order valence-electron chi connectivity index (χ2n) is 3.79. The highest BCUT2D eigenvalue weighted by molar-refractivity contribution is 7.99. The summed E-state index contributed by atoms with van der Waals surface area (Å²) in [6.45, 7) is 1.56. The summed E-state index contributed by atoms with van der Waals surface area (Å²) in [7, 11) is 0. The van der Waals surface area contributed by atoms with Gasteiger partial charge in [-0.2, -0.15) is 0 Å². The lowest BCUT2D eigenvalue weighted by molar-refractivity contribution is -0.387. The van der Waals surface area contributed by atoms with Crippen molar-refractivity contribution in [2.75, 3.05) is 0 Å². The smallest absolute Gasteiger partial charge is 0.283 e. The first-order chi connectivity index (χ1) is 9.08. The van der Waals surface area contributed by atoms with E-state index >= 15 is 0 Å². The molecular weight excluding hydrogens is 266 g/mol. The van der Waals surface area contributed by atoms with E-state index in [1.807, 2.05) is 0 Å². The number of nitrogens with zero attached hydrogens (tertiary/aromatic N) is 3. The third kappa shape index (κ3) is 3.27. The summed E-state index contributed by atoms with van der Waals surface area (Å²) < 4.78 is 0. The van der Waals surface area contributed by atoms with Gasteiger partial charge in [0.25, 0.3) is 5.69 Å². The van der Waals surface area contributed by atoms with Gasteiger partial charge in [-0.1, -0.05) is 6.07 Å². The highest BCUT2D eigenvalue weighted by Gasteiger charge is 2.18. The van der Waals surface area contributed by atoms with Gasteiger partial charge in [0.2, 0.25) is 0 Å². The maximum atomic E-state index is 11.1. The van der Waals surface area contributed by atoms with Crippen LogP contribution >= 0.6 is 11.8 Å². The highest BCUT2D eigenvalue weighted by Crippen LogP contribution is 2.34. The van der Waals surface area contributed by atoms with E-state index in [9.17, 15) is 15.2 Å². The summed E-state index contributed by atoms with van der Waals surface area (Å²) in [5, 5.41) is 21.0. The fourth-order valence-corrected chi connectivity index (χ4v) is 2.26. The first-order valence-corrected chi connectivity index (χ1v) is 6.31. The van der Waals surface area contributed by atoms with Crippen molar-refractivity contribution in [1.29, 1.82) is 0 Å². The Labute approximate surface area is 113 Å². The van der Waals surface area contributed by atoms with Crippen molar-refractivity contribution < 1.29 is 10.0 Å². The SMILES string of the molecule is C[C@H](O)c1ccc(Sc2ncccn2)c([N+](=O)[O-])c1. The van der Waals surface area contributed by atoms with Gasteiger partial charge in [0.1, 0.15) is 0 Å². The summed E-state index contributed by atoms with van der Waals surface area (Å²) in [6, 6.07) is 6.30. The first kappa shape index (κ1) is 13.4. The third-order valence-electron chi connectivity index (χ3n) is 2.41. The maximum Gasteiger partial charge on any atom is 0.283 e. The molecule has 0 aliphatic heterocycles. The Kier molecular flexibility index (Phi) is 4.08. The van der Waals surface area contributed by atoms with Crippen molar-refractivity contribution in [3.05, 3.63) is 52.3 Å². The molecule has 7 heteroatoms. The molecule has 1 atom stereocenters. The van der Waals surface area contributed by atoms with Crippen molar-refractivity contribution in [2.24, 2.45) is 0 Å². The molecule has 0 fully saturated rings. The molecule has 1 N–H and O–H groups in total. The van der Waals surface area contributed by atoms with E-state index in [0.717, 1.165) is 11.8 Å². The van der Waals surface area contributed by atoms with E-state index in [-0.39, 0.29) is 5.69 Å². The molecule has 0 aliphatic carbocycles. The van der Waals surface area contributed by atoms with Crippen LogP contribution in [-0.2, 0) is 0 Å². The number of benzene rings is 1. The molecule has 0 bridgehead atoms. The molecule has 98 valence electrons. The van der Waals surface area contributed by atoms with Gasteiger partial charge in [-0.15, -0.1) is 0 Å². The maximum absolute atomic E-state index is 11.1. The van der Waals surface area contributed by atoms with Crippen LogP contribution in [0.3, 0.4) is 0 Å². The average Bonchev–Trinajstić information content (AvgIpc) is 2.39. The summed E-state index contributed by atoms with van der Waals surface area (Å²) in [5.41, 5.74) is 0.445. The van der Waals surface area contributed by atoms with Gasteiger partial charge in [-0.25, -0.2) is 9.97 Å². The molecule has 2 aromatic rings. The Bertz CT molecular complexity index is 590. The monoisotopic (exact) mass is 277 g/mol. The fraction of sp³-hybridized carbons (Fsp3) is 0.167. The molecule has 0 spiro atoms. The molecule has 1 aromatic heterocycles. The summed E-state index contributed by atoms with van der Waals surface area (Å²) >= 11 is 1.12. The van der Waals surface area contributed by atoms with Crippen molar-refractivity contribution in [1.82, 2.24) is 9.97 Å². The van der Waals surface area contributed by atoms with Crippen molar-refractivity contribution in [2.45, 2.75) is 23.1 Å². The second kappa shape index (κ2) is 5.77. The van der Waals surface area contributed by atoms with E-state index in [0.29, 0.717) is 15.6 Å². The Morgan fingerprint density at radius 1 is 1.37 bits per heavy atom. The molecule has 0 aliphatic rings. The Hall–Kier alpha value is -1.99. The summed E-state index contributed by atoms with van der Waals surface area (Å²) in [4.78, 5) is 19.1. The Morgan fingerprint density at radius 3 is 2.63 bits per heavy atom. The van der Waals surface area contributed by atoms with Crippen LogP contribution in [0.5, 0.6) is 0 Å². The number of nitro groups is 1. The molecule has 0 saturated carbocycles. The van der Waals surface area contributed by atoms with E-state index in [1.54, 1.807) is 37.5 Å². The number of aliphatic hydroxyl groups is 1. The predicted octanol–water partition coefficient (Wildman–Crippen LogP) is 2.59. The zero-order chi connectivity index (χ0) is 13.8. The number of aromatic nitrogens is 2. The third-order valence-corrected chi connectivity index (χ3v) is 3.36. The molecule has 0 unspecified atom stereocenters. The minimum absolute atomic E-state index is 0.0594. The van der Waals surface area contributed by atoms with Crippen LogP contribution in [0.2, 0.25) is 0 Å². The van der Waals surface area contributed by atoms with Crippen LogP contribution in [0.25, 0.3) is 0 Å². The topological polar surface area (TPSA) is 89.2 Å². The fourth-order valence-electron chi connectivity index (χ4n) is 1.46. The number of rotatable bonds is 4. The van der Waals surface area contributed by atoms with E-state index in [4.69, 9.17) is 0 Å². The normalized spacial score (nSPS) is 12.1. The zero-order valence-electron chi connectivity index (χ0n) is 10.1. The van der Waals surface area contributed by atoms with Crippen LogP contribution in [0.1, 0.15) is 18.6 Å². The van der Waals surface area contributed by atoms with E-state index in [1.165, 1.54) is 6.07 Å². The quantitative estimate of drug-likeness (QED) is 0.525. The number of hydrogen-bond donors (Lipinski definition) is 1. The van der Waals surface area contributed by atoms with Gasteiger partial charge < -0.3 is 5.11 Å². The van der Waals surface area contributed by atoms with Gasteiger partial charge in [0.05, 0.1) is 15.9 Å². The van der Waals surface area contributed by atoms with Crippen LogP contribution in [0.15, 0.2) is 46.7 Å². The first-order valence-electron chi connectivity index (χ1n) is 5.49. The van der Waals surface area contributed by atoms with Gasteiger partial charge in [0.15, 0.2) is 5.16 Å². The largest absolute Gasteiger partial charge is 0.389 e. The Balaban J connectivity index is 2.37. The Morgan fingerprint density at radius 2 is 2.05 bits per heavy atom. The van der Waals surface area contributed by atoms with Crippen molar-refractivity contribution in [3.63, 3.8) is 0 Å². The van der Waals surface area contributed by atoms with Crippen LogP contribution < -0.4 is 0 Å². The highest BCUT2D eigenvalue weighted by atomic mass is 32.2. The molecular formula is C12H11N3O3S. The minimum atomic E-state index is -0.745. The van der Waals surface area contributed by atoms with Gasteiger partial charge in [-0.05, 0) is 36.4 Å². The van der Waals surface area contributed by atoms with Gasteiger partial charge in [-0.3, -0.25) is 10.1 Å². The number of hydrogen-bond acceptors (Lipinski definition) is 6. The molecule has 1 aromatic carbocycles. The van der Waals surface area contributed by atoms with E-state index < -0.39 is 11.0 Å². The molecule has 2 rings (SSSR count). The van der Waals surface area contributed by atoms with Crippen molar-refractivity contribution >= 4 is 17.4 Å². The van der Waals surface area contributed by atoms with Crippen LogP contribution in [-0.4, -0.2) is 20.0 Å². The lowest BCUT2D eigenvalue weighted by atomic mass is 10.1. The standard InChI is InChI=1S/C12H11N3O3S/c1-8(16)9-3-4-11(10(7-9)15(17)18)19-12-13-5-2-6-14-12/h2-8,16H,1H3/t8-/m0/s1. The number of nitro benzene ring substituents is 1. The lowest BCUT2D eigenvalue weighted by Crippen LogP contribution is -1.96. The zero-order valence-corrected chi connectivity index (χ0v) is 10.9. The second-order valence-corrected chi connectivity index (χ2v) is 4.80. The summed E-state index contributed by atoms with van der Waals surface area (Å²) in [6.07, 6.45) is 2.40. The molecule has 0 saturated heterocycles. The van der Waals surface area contributed by atoms with Gasteiger partial charge in [0, 0.05) is 18.5 Å². The lowest BCUT2D eigenvalue weighted by Gasteiger charge is -2.06. The van der Waals surface area contributed by atoms with E-state index in [2.05, 4.69) is 9.97 Å². The van der Waals surface area contributed by atoms with Crippen LogP contribution in [0, 0.1) is 10.1 Å².